The van der Waals surface area contributed by atoms with Crippen molar-refractivity contribution in [2.45, 2.75) is 51.6 Å². The first kappa shape index (κ1) is 34.5. The summed E-state index contributed by atoms with van der Waals surface area (Å²) < 4.78 is 45.6. The minimum absolute atomic E-state index is 0.108. The summed E-state index contributed by atoms with van der Waals surface area (Å²) in [6.45, 7) is 6.13. The highest BCUT2D eigenvalue weighted by Gasteiger charge is 2.30. The number of amides is 1. The lowest BCUT2D eigenvalue weighted by Gasteiger charge is -2.29. The molecule has 242 valence electrons. The highest BCUT2D eigenvalue weighted by atomic mass is 19.4. The first-order valence-electron chi connectivity index (χ1n) is 13.4. The number of rotatable bonds is 10. The molecule has 0 saturated carbocycles. The fraction of sp³-hybridized carbons (Fsp3) is 0.345. The maximum absolute atomic E-state index is 12.8. The summed E-state index contributed by atoms with van der Waals surface area (Å²) in [5.41, 5.74) is -0.0327. The number of carboxylic acid groups (broad SMARTS) is 2. The quantitative estimate of drug-likeness (QED) is 0.178. The number of aromatic nitrogens is 3. The number of aryl methyl sites for hydroxylation is 2. The van der Waals surface area contributed by atoms with E-state index in [1.807, 2.05) is 13.8 Å². The first-order chi connectivity index (χ1) is 20.9. The average Bonchev–Trinajstić information content (AvgIpc) is 3.33. The van der Waals surface area contributed by atoms with E-state index in [1.54, 1.807) is 11.6 Å². The molecule has 0 bridgehead atoms. The lowest BCUT2D eigenvalue weighted by atomic mass is 9.99. The molecule has 45 heavy (non-hydrogen) atoms. The maximum Gasteiger partial charge on any atom is 0.416 e. The molecule has 6 N–H and O–H groups in total. The summed E-state index contributed by atoms with van der Waals surface area (Å²) in [6, 6.07) is 7.48. The average molecular weight is 636 g/mol. The Bertz CT molecular complexity index is 1550. The van der Waals surface area contributed by atoms with Crippen LogP contribution in [-0.4, -0.2) is 71.7 Å². The third-order valence-electron chi connectivity index (χ3n) is 6.50. The third-order valence-corrected chi connectivity index (χ3v) is 6.50. The molecule has 13 nitrogen and oxygen atoms in total. The second-order valence-corrected chi connectivity index (χ2v) is 10.6. The minimum atomic E-state index is -4.41. The normalized spacial score (nSPS) is 13.7. The van der Waals surface area contributed by atoms with Gasteiger partial charge < -0.3 is 35.8 Å². The van der Waals surface area contributed by atoms with Crippen molar-refractivity contribution < 1.29 is 52.7 Å². The largest absolute Gasteiger partial charge is 0.508 e. The number of benzene rings is 2. The molecule has 1 aliphatic rings. The summed E-state index contributed by atoms with van der Waals surface area (Å²) in [5, 5.41) is 46.8. The number of nitrogens with zero attached hydrogens (tertiary/aromatic N) is 3. The summed E-state index contributed by atoms with van der Waals surface area (Å²) >= 11 is 0. The monoisotopic (exact) mass is 635 g/mol. The second kappa shape index (κ2) is 14.2. The number of aliphatic hydroxyl groups is 1. The number of phenols is 1. The molecule has 0 fully saturated rings. The zero-order chi connectivity index (χ0) is 33.5. The number of aromatic hydroxyl groups is 1. The number of halogens is 3. The number of aliphatic hydroxyl groups excluding tert-OH is 1. The van der Waals surface area contributed by atoms with Gasteiger partial charge in [0.15, 0.2) is 12.4 Å². The summed E-state index contributed by atoms with van der Waals surface area (Å²) in [7, 11) is 0. The molecule has 0 aliphatic carbocycles. The van der Waals surface area contributed by atoms with Crippen LogP contribution in [0.3, 0.4) is 0 Å². The van der Waals surface area contributed by atoms with Crippen LogP contribution in [0.15, 0.2) is 48.6 Å². The Hall–Kier alpha value is -4.96. The molecule has 2 heterocycles. The molecular formula is C29H32F3N5O8. The number of β-amino-alcohol motifs (C(OH)–C–C–N with tert-alkyl or cyclic N) is 1. The van der Waals surface area contributed by atoms with E-state index in [-0.39, 0.29) is 24.8 Å². The molecule has 16 heteroatoms. The molecule has 3 aromatic rings. The Morgan fingerprint density at radius 1 is 1.13 bits per heavy atom. The minimum Gasteiger partial charge on any atom is -0.508 e. The van der Waals surface area contributed by atoms with Gasteiger partial charge in [0.1, 0.15) is 17.3 Å². The van der Waals surface area contributed by atoms with Gasteiger partial charge in [-0.15, -0.1) is 0 Å². The Morgan fingerprint density at radius 3 is 2.33 bits per heavy atom. The van der Waals surface area contributed by atoms with Gasteiger partial charge in [-0.25, -0.2) is 19.3 Å². The van der Waals surface area contributed by atoms with Gasteiger partial charge in [-0.1, -0.05) is 12.1 Å². The first-order valence-corrected chi connectivity index (χ1v) is 13.4. The molecule has 0 saturated heterocycles. The fourth-order valence-electron chi connectivity index (χ4n) is 4.12. The van der Waals surface area contributed by atoms with Crippen LogP contribution in [0.1, 0.15) is 43.3 Å². The molecule has 1 aliphatic heterocycles. The molecule has 4 rings (SSSR count). The van der Waals surface area contributed by atoms with Crippen molar-refractivity contribution in [3.8, 4) is 22.9 Å². The van der Waals surface area contributed by atoms with Crippen LogP contribution >= 0.6 is 0 Å². The lowest BCUT2D eigenvalue weighted by Crippen LogP contribution is -2.42. The van der Waals surface area contributed by atoms with Crippen LogP contribution < -0.4 is 15.4 Å². The zero-order valence-electron chi connectivity index (χ0n) is 24.4. The molecule has 1 unspecified atom stereocenters. The number of hydrogen-bond acceptors (Lipinski definition) is 9. The van der Waals surface area contributed by atoms with E-state index >= 15 is 0 Å². The van der Waals surface area contributed by atoms with Crippen LogP contribution in [-0.2, 0) is 27.1 Å². The molecule has 1 amide bonds. The van der Waals surface area contributed by atoms with E-state index in [0.717, 1.165) is 12.1 Å². The summed E-state index contributed by atoms with van der Waals surface area (Å²) in [5.74, 6) is -1.69. The van der Waals surface area contributed by atoms with Crippen molar-refractivity contribution in [3.05, 3.63) is 65.5 Å². The van der Waals surface area contributed by atoms with Crippen LogP contribution in [0.5, 0.6) is 11.5 Å². The highest BCUT2D eigenvalue weighted by Crippen LogP contribution is 2.39. The van der Waals surface area contributed by atoms with E-state index in [9.17, 15) is 37.8 Å². The summed E-state index contributed by atoms with van der Waals surface area (Å²) in [6.07, 6.45) is -3.71. The van der Waals surface area contributed by atoms with Gasteiger partial charge >= 0.3 is 18.1 Å². The van der Waals surface area contributed by atoms with Crippen LogP contribution in [0, 0.1) is 6.92 Å². The van der Waals surface area contributed by atoms with E-state index in [0.29, 0.717) is 59.3 Å². The number of aliphatic carboxylic acids is 2. The van der Waals surface area contributed by atoms with Crippen LogP contribution in [0.25, 0.3) is 11.4 Å². The molecular weight excluding hydrogens is 603 g/mol. The number of carbonyl (C=O) groups is 3. The van der Waals surface area contributed by atoms with Gasteiger partial charge in [-0.3, -0.25) is 4.79 Å². The van der Waals surface area contributed by atoms with Gasteiger partial charge in [0.25, 0.3) is 5.91 Å². The maximum atomic E-state index is 12.8. The van der Waals surface area contributed by atoms with Crippen molar-refractivity contribution in [1.29, 1.82) is 0 Å². The molecule has 0 radical (unpaired) electrons. The molecule has 2 aromatic carbocycles. The van der Waals surface area contributed by atoms with E-state index in [2.05, 4.69) is 20.7 Å². The number of carbonyl (C=O) groups excluding carboxylic acids is 1. The highest BCUT2D eigenvalue weighted by molar-refractivity contribution is 5.96. The van der Waals surface area contributed by atoms with Crippen molar-refractivity contribution in [2.75, 3.05) is 18.5 Å². The molecule has 1 aromatic heterocycles. The van der Waals surface area contributed by atoms with E-state index in [4.69, 9.17) is 14.9 Å². The van der Waals surface area contributed by atoms with Crippen molar-refractivity contribution in [1.82, 2.24) is 20.1 Å². The number of alkyl halides is 3. The summed E-state index contributed by atoms with van der Waals surface area (Å²) in [4.78, 5) is 35.1. The van der Waals surface area contributed by atoms with Crippen molar-refractivity contribution >= 4 is 23.5 Å². The Labute approximate surface area is 255 Å². The SMILES string of the molecule is Cc1nc(-c2ccc(C(F)(F)F)cc2)nn1CCC(C)(C)NCC(O)c1cc(O)cc2c1OCC(=O)N2.O=C(O)/C=C\C(=O)O. The van der Waals surface area contributed by atoms with Gasteiger partial charge in [0.2, 0.25) is 0 Å². The van der Waals surface area contributed by atoms with Gasteiger partial charge in [-0.05, 0) is 45.4 Å². The number of ether oxygens (including phenoxy) is 1. The van der Waals surface area contributed by atoms with Crippen LogP contribution in [0.2, 0.25) is 0 Å². The van der Waals surface area contributed by atoms with Gasteiger partial charge in [0.05, 0.1) is 17.4 Å². The Balaban J connectivity index is 0.000000610. The molecule has 0 spiro atoms. The van der Waals surface area contributed by atoms with Gasteiger partial charge in [0, 0.05) is 48.0 Å². The Kier molecular flexibility index (Phi) is 10.9. The van der Waals surface area contributed by atoms with Gasteiger partial charge in [-0.2, -0.15) is 18.3 Å². The number of hydrogen-bond donors (Lipinski definition) is 6. The molecule has 1 atom stereocenters. The third kappa shape index (κ3) is 10.0. The van der Waals surface area contributed by atoms with E-state index in [1.165, 1.54) is 24.3 Å². The number of carboxylic acids is 2. The van der Waals surface area contributed by atoms with Crippen molar-refractivity contribution in [3.63, 3.8) is 0 Å². The lowest BCUT2D eigenvalue weighted by molar-refractivity contribution is -0.137. The number of fused-ring (bicyclic) bond motifs is 1. The predicted molar refractivity (Wildman–Crippen MR) is 153 cm³/mol. The zero-order valence-corrected chi connectivity index (χ0v) is 24.4. The number of anilines is 1. The topological polar surface area (TPSA) is 196 Å². The number of nitrogens with one attached hydrogen (secondary N) is 2. The standard InChI is InChI=1S/C25H28F3N5O4.C4H4O4/c1-14-30-23(15-4-6-16(7-5-15)25(26,27)28)32-33(14)9-8-24(2,3)29-12-20(35)18-10-17(34)11-19-22(18)37-13-21(36)31-19;5-3(6)1-2-4(7)8/h4-7,10-11,20,29,34-35H,8-9,12-13H2,1-3H3,(H,31,36);1-2H,(H,5,6)(H,7,8)/b;2-1-. The van der Waals surface area contributed by atoms with Crippen LogP contribution in [0.4, 0.5) is 18.9 Å². The smallest absolute Gasteiger partial charge is 0.416 e. The van der Waals surface area contributed by atoms with Crippen molar-refractivity contribution in [2.24, 2.45) is 0 Å². The predicted octanol–water partition coefficient (Wildman–Crippen LogP) is 3.51. The second-order valence-electron chi connectivity index (χ2n) is 10.6. The van der Waals surface area contributed by atoms with E-state index < -0.39 is 35.3 Å². The Morgan fingerprint density at radius 2 is 1.76 bits per heavy atom. The number of phenolic OH excluding ortho intramolecular Hbond substituents is 1. The fourth-order valence-corrected chi connectivity index (χ4v) is 4.12.